The van der Waals surface area contributed by atoms with Crippen molar-refractivity contribution in [2.24, 2.45) is 5.92 Å². The number of hydrogen-bond acceptors (Lipinski definition) is 1. The average molecular weight is 184 g/mol. The molecule has 0 aromatic carbocycles. The highest BCUT2D eigenvalue weighted by atomic mass is 16.4. The molecule has 0 aliphatic heterocycles. The summed E-state index contributed by atoms with van der Waals surface area (Å²) in [4.78, 5) is 10.3. The molecule has 76 valence electrons. The van der Waals surface area contributed by atoms with Crippen LogP contribution in [0.3, 0.4) is 0 Å². The number of carboxylic acids is 1. The molecular formula is C11H20O2. The monoisotopic (exact) mass is 184 g/mol. The normalized spacial score (nSPS) is 13.4. The van der Waals surface area contributed by atoms with Crippen molar-refractivity contribution in [1.29, 1.82) is 0 Å². The van der Waals surface area contributed by atoms with Crippen molar-refractivity contribution >= 4 is 5.97 Å². The summed E-state index contributed by atoms with van der Waals surface area (Å²) in [5.41, 5.74) is 0. The summed E-state index contributed by atoms with van der Waals surface area (Å²) in [6.45, 7) is 4.14. The van der Waals surface area contributed by atoms with Crippen molar-refractivity contribution in [2.75, 3.05) is 0 Å². The second-order valence-electron chi connectivity index (χ2n) is 3.55. The zero-order valence-corrected chi connectivity index (χ0v) is 8.62. The molecule has 1 unspecified atom stereocenters. The van der Waals surface area contributed by atoms with Crippen LogP contribution in [0.1, 0.15) is 46.0 Å². The van der Waals surface area contributed by atoms with Crippen LogP contribution in [0.5, 0.6) is 0 Å². The largest absolute Gasteiger partial charge is 0.481 e. The molecule has 0 spiro atoms. The van der Waals surface area contributed by atoms with Crippen molar-refractivity contribution in [1.82, 2.24) is 0 Å². The molecule has 0 aliphatic carbocycles. The van der Waals surface area contributed by atoms with Gasteiger partial charge in [0.25, 0.3) is 0 Å². The number of rotatable bonds is 7. The molecule has 0 amide bonds. The quantitative estimate of drug-likeness (QED) is 0.487. The molecule has 0 fully saturated rings. The summed E-state index contributed by atoms with van der Waals surface area (Å²) in [6, 6.07) is 0. The summed E-state index contributed by atoms with van der Waals surface area (Å²) >= 11 is 0. The Labute approximate surface area is 80.7 Å². The van der Waals surface area contributed by atoms with Crippen LogP contribution >= 0.6 is 0 Å². The second kappa shape index (κ2) is 7.84. The predicted octanol–water partition coefficient (Wildman–Crippen LogP) is 3.23. The highest BCUT2D eigenvalue weighted by Crippen LogP contribution is 2.08. The number of aliphatic carboxylic acids is 1. The summed E-state index contributed by atoms with van der Waals surface area (Å²) in [7, 11) is 0. The number of hydrogen-bond donors (Lipinski definition) is 1. The van der Waals surface area contributed by atoms with Crippen LogP contribution in [0.15, 0.2) is 12.2 Å². The zero-order valence-electron chi connectivity index (χ0n) is 8.62. The standard InChI is InChI=1S/C11H20O2/c1-3-4-5-6-7-8-10(2)9-11(12)13/h6-7,10H,3-5,8-9H2,1-2H3,(H,12,13)/b7-6+. The van der Waals surface area contributed by atoms with Gasteiger partial charge in [-0.2, -0.15) is 0 Å². The molecule has 0 aliphatic rings. The summed E-state index contributed by atoms with van der Waals surface area (Å²) in [5, 5.41) is 8.50. The van der Waals surface area contributed by atoms with Crippen molar-refractivity contribution < 1.29 is 9.90 Å². The smallest absolute Gasteiger partial charge is 0.303 e. The third-order valence-corrected chi connectivity index (χ3v) is 1.95. The van der Waals surface area contributed by atoms with Gasteiger partial charge in [-0.3, -0.25) is 4.79 Å². The molecule has 0 heterocycles. The van der Waals surface area contributed by atoms with Gasteiger partial charge in [0.2, 0.25) is 0 Å². The minimum absolute atomic E-state index is 0.260. The fraction of sp³-hybridized carbons (Fsp3) is 0.727. The van der Waals surface area contributed by atoms with E-state index in [4.69, 9.17) is 5.11 Å². The average Bonchev–Trinajstić information content (AvgIpc) is 2.02. The molecule has 2 nitrogen and oxygen atoms in total. The summed E-state index contributed by atoms with van der Waals surface area (Å²) in [5.74, 6) is -0.440. The van der Waals surface area contributed by atoms with Crippen LogP contribution < -0.4 is 0 Å². The van der Waals surface area contributed by atoms with Gasteiger partial charge in [-0.25, -0.2) is 0 Å². The lowest BCUT2D eigenvalue weighted by Crippen LogP contribution is -2.02. The molecular weight excluding hydrogens is 164 g/mol. The third kappa shape index (κ3) is 9.12. The number of carboxylic acid groups (broad SMARTS) is 1. The van der Waals surface area contributed by atoms with Gasteiger partial charge in [0.1, 0.15) is 0 Å². The molecule has 0 saturated heterocycles. The number of carbonyl (C=O) groups is 1. The van der Waals surface area contributed by atoms with Gasteiger partial charge in [-0.05, 0) is 18.8 Å². The van der Waals surface area contributed by atoms with Gasteiger partial charge < -0.3 is 5.11 Å². The van der Waals surface area contributed by atoms with Crippen LogP contribution in [-0.2, 0) is 4.79 Å². The fourth-order valence-electron chi connectivity index (χ4n) is 1.15. The lowest BCUT2D eigenvalue weighted by atomic mass is 10.0. The molecule has 0 aromatic heterocycles. The Morgan fingerprint density at radius 3 is 2.69 bits per heavy atom. The van der Waals surface area contributed by atoms with Crippen LogP contribution in [0.4, 0.5) is 0 Å². The molecule has 1 N–H and O–H groups in total. The fourth-order valence-corrected chi connectivity index (χ4v) is 1.15. The van der Waals surface area contributed by atoms with Gasteiger partial charge in [-0.15, -0.1) is 0 Å². The van der Waals surface area contributed by atoms with E-state index in [-0.39, 0.29) is 12.3 Å². The molecule has 0 bridgehead atoms. The summed E-state index contributed by atoms with van der Waals surface area (Å²) in [6.07, 6.45) is 8.98. The van der Waals surface area contributed by atoms with E-state index < -0.39 is 5.97 Å². The van der Waals surface area contributed by atoms with Gasteiger partial charge in [-0.1, -0.05) is 38.8 Å². The van der Waals surface area contributed by atoms with Crippen molar-refractivity contribution in [3.05, 3.63) is 12.2 Å². The Morgan fingerprint density at radius 2 is 2.15 bits per heavy atom. The first-order valence-corrected chi connectivity index (χ1v) is 5.03. The molecule has 0 rings (SSSR count). The molecule has 1 atom stereocenters. The van der Waals surface area contributed by atoms with E-state index in [9.17, 15) is 4.79 Å². The number of allylic oxidation sites excluding steroid dienone is 2. The van der Waals surface area contributed by atoms with Gasteiger partial charge >= 0.3 is 5.97 Å². The lowest BCUT2D eigenvalue weighted by molar-refractivity contribution is -0.137. The van der Waals surface area contributed by atoms with Crippen LogP contribution in [0.25, 0.3) is 0 Å². The van der Waals surface area contributed by atoms with E-state index in [1.807, 2.05) is 6.92 Å². The highest BCUT2D eigenvalue weighted by molar-refractivity contribution is 5.66. The van der Waals surface area contributed by atoms with Crippen LogP contribution in [0.2, 0.25) is 0 Å². The minimum atomic E-state index is -0.700. The van der Waals surface area contributed by atoms with E-state index in [0.717, 1.165) is 12.8 Å². The predicted molar refractivity (Wildman–Crippen MR) is 54.7 cm³/mol. The Hall–Kier alpha value is -0.790. The minimum Gasteiger partial charge on any atom is -0.481 e. The number of unbranched alkanes of at least 4 members (excludes halogenated alkanes) is 2. The van der Waals surface area contributed by atoms with Gasteiger partial charge in [0.15, 0.2) is 0 Å². The Bertz CT molecular complexity index is 161. The van der Waals surface area contributed by atoms with Crippen molar-refractivity contribution in [2.45, 2.75) is 46.0 Å². The zero-order chi connectivity index (χ0) is 10.1. The highest BCUT2D eigenvalue weighted by Gasteiger charge is 2.04. The lowest BCUT2D eigenvalue weighted by Gasteiger charge is -2.03. The third-order valence-electron chi connectivity index (χ3n) is 1.95. The maximum absolute atomic E-state index is 10.3. The molecule has 0 radical (unpaired) electrons. The first kappa shape index (κ1) is 12.2. The maximum atomic E-state index is 10.3. The van der Waals surface area contributed by atoms with E-state index >= 15 is 0 Å². The first-order chi connectivity index (χ1) is 6.16. The Balaban J connectivity index is 3.39. The molecule has 13 heavy (non-hydrogen) atoms. The van der Waals surface area contributed by atoms with E-state index in [1.54, 1.807) is 0 Å². The topological polar surface area (TPSA) is 37.3 Å². The SMILES string of the molecule is CCCC/C=C/CC(C)CC(=O)O. The van der Waals surface area contributed by atoms with Gasteiger partial charge in [0, 0.05) is 6.42 Å². The second-order valence-corrected chi connectivity index (χ2v) is 3.55. The Kier molecular flexibility index (Phi) is 7.36. The van der Waals surface area contributed by atoms with E-state index in [1.165, 1.54) is 12.8 Å². The van der Waals surface area contributed by atoms with Crippen LogP contribution in [-0.4, -0.2) is 11.1 Å². The van der Waals surface area contributed by atoms with E-state index in [0.29, 0.717) is 0 Å². The van der Waals surface area contributed by atoms with E-state index in [2.05, 4.69) is 19.1 Å². The first-order valence-electron chi connectivity index (χ1n) is 5.03. The maximum Gasteiger partial charge on any atom is 0.303 e. The van der Waals surface area contributed by atoms with Gasteiger partial charge in [0.05, 0.1) is 0 Å². The molecule has 0 aromatic rings. The molecule has 0 saturated carbocycles. The summed E-state index contributed by atoms with van der Waals surface area (Å²) < 4.78 is 0. The van der Waals surface area contributed by atoms with Crippen molar-refractivity contribution in [3.8, 4) is 0 Å². The van der Waals surface area contributed by atoms with Crippen LogP contribution in [0, 0.1) is 5.92 Å². The Morgan fingerprint density at radius 1 is 1.46 bits per heavy atom. The van der Waals surface area contributed by atoms with Crippen molar-refractivity contribution in [3.63, 3.8) is 0 Å². The molecule has 2 heteroatoms.